The van der Waals surface area contributed by atoms with Crippen LogP contribution in [0.2, 0.25) is 0 Å². The van der Waals surface area contributed by atoms with Crippen molar-refractivity contribution < 1.29 is 14.3 Å². The summed E-state index contributed by atoms with van der Waals surface area (Å²) in [5.41, 5.74) is 1.72. The molecule has 0 aromatic heterocycles. The lowest BCUT2D eigenvalue weighted by Gasteiger charge is -2.12. The Kier molecular flexibility index (Phi) is 5.18. The lowest BCUT2D eigenvalue weighted by molar-refractivity contribution is 0.0549. The predicted octanol–water partition coefficient (Wildman–Crippen LogP) is 3.43. The molecule has 1 unspecified atom stereocenters. The van der Waals surface area contributed by atoms with Crippen molar-refractivity contribution in [2.45, 2.75) is 6.10 Å². The fraction of sp³-hybridized carbons (Fsp3) is 0.111. The molecule has 0 bridgehead atoms. The molecule has 1 atom stereocenters. The van der Waals surface area contributed by atoms with Crippen LogP contribution < -0.4 is 0 Å². The third-order valence-corrected chi connectivity index (χ3v) is 2.87. The molecule has 0 heterocycles. The molecule has 0 N–H and O–H groups in total. The highest BCUT2D eigenvalue weighted by molar-refractivity contribution is 5.61. The van der Waals surface area contributed by atoms with Crippen LogP contribution in [0.15, 0.2) is 54.6 Å². The van der Waals surface area contributed by atoms with Gasteiger partial charge in [-0.1, -0.05) is 42.3 Å². The first kappa shape index (κ1) is 15.2. The fourth-order valence-electron chi connectivity index (χ4n) is 1.81. The van der Waals surface area contributed by atoms with Crippen LogP contribution in [0.3, 0.4) is 0 Å². The van der Waals surface area contributed by atoms with Gasteiger partial charge in [0.25, 0.3) is 0 Å². The number of nitrogens with zero attached hydrogens (tertiary/aromatic N) is 1. The van der Waals surface area contributed by atoms with Gasteiger partial charge in [-0.05, 0) is 24.1 Å². The summed E-state index contributed by atoms with van der Waals surface area (Å²) in [6, 6.07) is 18.2. The second kappa shape index (κ2) is 7.52. The highest BCUT2D eigenvalue weighted by Gasteiger charge is 2.17. The lowest BCUT2D eigenvalue weighted by Crippen LogP contribution is -2.11. The van der Waals surface area contributed by atoms with Crippen molar-refractivity contribution in [1.82, 2.24) is 0 Å². The molecule has 0 aliphatic carbocycles. The summed E-state index contributed by atoms with van der Waals surface area (Å²) in [6.07, 6.45) is -1.72. The molecule has 4 heteroatoms. The van der Waals surface area contributed by atoms with Gasteiger partial charge >= 0.3 is 6.16 Å². The van der Waals surface area contributed by atoms with Gasteiger partial charge in [0.2, 0.25) is 0 Å². The Labute approximate surface area is 128 Å². The molecule has 2 aromatic carbocycles. The SMILES string of the molecule is COC(=O)OC(C#Cc1ccccc1)c1ccccc1C#N. The quantitative estimate of drug-likeness (QED) is 0.628. The number of methoxy groups -OCH3 is 1. The molecule has 0 aliphatic rings. The normalized spacial score (nSPS) is 10.5. The Bertz CT molecular complexity index is 751. The molecule has 4 nitrogen and oxygen atoms in total. The van der Waals surface area contributed by atoms with Crippen molar-refractivity contribution >= 4 is 6.16 Å². The number of rotatable bonds is 2. The predicted molar refractivity (Wildman–Crippen MR) is 80.7 cm³/mol. The fourth-order valence-corrected chi connectivity index (χ4v) is 1.81. The van der Waals surface area contributed by atoms with Gasteiger partial charge < -0.3 is 9.47 Å². The van der Waals surface area contributed by atoms with E-state index in [1.54, 1.807) is 24.3 Å². The third kappa shape index (κ3) is 3.88. The molecule has 2 rings (SSSR count). The number of hydrogen-bond donors (Lipinski definition) is 0. The van der Waals surface area contributed by atoms with Gasteiger partial charge in [-0.3, -0.25) is 0 Å². The van der Waals surface area contributed by atoms with Gasteiger partial charge in [-0.25, -0.2) is 4.79 Å². The number of carbonyl (C=O) groups excluding carboxylic acids is 1. The van der Waals surface area contributed by atoms with E-state index in [0.717, 1.165) is 5.56 Å². The van der Waals surface area contributed by atoms with Crippen molar-refractivity contribution in [3.8, 4) is 17.9 Å². The molecule has 0 aliphatic heterocycles. The molecule has 0 saturated heterocycles. The van der Waals surface area contributed by atoms with E-state index < -0.39 is 12.3 Å². The zero-order valence-corrected chi connectivity index (χ0v) is 11.9. The van der Waals surface area contributed by atoms with Crippen LogP contribution in [-0.4, -0.2) is 13.3 Å². The minimum absolute atomic E-state index is 0.402. The Hall–Kier alpha value is -3.24. The third-order valence-electron chi connectivity index (χ3n) is 2.87. The largest absolute Gasteiger partial charge is 0.509 e. The molecular formula is C18H13NO3. The average Bonchev–Trinajstić information content (AvgIpc) is 2.59. The zero-order valence-electron chi connectivity index (χ0n) is 11.9. The van der Waals surface area contributed by atoms with Gasteiger partial charge in [0.15, 0.2) is 6.10 Å². The van der Waals surface area contributed by atoms with Crippen LogP contribution in [0.4, 0.5) is 4.79 Å². The number of nitriles is 1. The van der Waals surface area contributed by atoms with Gasteiger partial charge in [-0.2, -0.15) is 5.26 Å². The van der Waals surface area contributed by atoms with Gasteiger partial charge in [0.05, 0.1) is 18.7 Å². The summed E-state index contributed by atoms with van der Waals surface area (Å²) < 4.78 is 9.68. The summed E-state index contributed by atoms with van der Waals surface area (Å²) >= 11 is 0. The van der Waals surface area contributed by atoms with E-state index in [2.05, 4.69) is 22.6 Å². The van der Waals surface area contributed by atoms with E-state index >= 15 is 0 Å². The molecule has 108 valence electrons. The smallest absolute Gasteiger partial charge is 0.438 e. The lowest BCUT2D eigenvalue weighted by atomic mass is 10.0. The van der Waals surface area contributed by atoms with Crippen LogP contribution in [0.1, 0.15) is 22.8 Å². The first-order chi connectivity index (χ1) is 10.7. The minimum atomic E-state index is -0.872. The molecule has 0 radical (unpaired) electrons. The highest BCUT2D eigenvalue weighted by atomic mass is 16.7. The summed E-state index contributed by atoms with van der Waals surface area (Å²) in [5, 5.41) is 9.17. The topological polar surface area (TPSA) is 59.3 Å². The maximum absolute atomic E-state index is 11.4. The Morgan fingerprint density at radius 1 is 1.09 bits per heavy atom. The second-order valence-corrected chi connectivity index (χ2v) is 4.29. The van der Waals surface area contributed by atoms with E-state index in [1.807, 2.05) is 30.3 Å². The summed E-state index contributed by atoms with van der Waals surface area (Å²) in [7, 11) is 1.22. The van der Waals surface area contributed by atoms with Gasteiger partial charge in [0.1, 0.15) is 0 Å². The standard InChI is InChI=1S/C18H13NO3/c1-21-18(20)22-17(12-11-14-7-3-2-4-8-14)16-10-6-5-9-15(16)13-19/h2-10,17H,1H3. The number of carbonyl (C=O) groups is 1. The number of ether oxygens (including phenoxy) is 2. The zero-order chi connectivity index (χ0) is 15.8. The van der Waals surface area contributed by atoms with Crippen molar-refractivity contribution in [3.63, 3.8) is 0 Å². The highest BCUT2D eigenvalue weighted by Crippen LogP contribution is 2.21. The molecular weight excluding hydrogens is 278 g/mol. The van der Waals surface area contributed by atoms with E-state index in [4.69, 9.17) is 4.74 Å². The monoisotopic (exact) mass is 291 g/mol. The van der Waals surface area contributed by atoms with Crippen LogP contribution >= 0.6 is 0 Å². The first-order valence-electron chi connectivity index (χ1n) is 6.55. The Balaban J connectivity index is 2.37. The van der Waals surface area contributed by atoms with Gasteiger partial charge in [-0.15, -0.1) is 0 Å². The van der Waals surface area contributed by atoms with Crippen LogP contribution in [0, 0.1) is 23.2 Å². The van der Waals surface area contributed by atoms with Crippen molar-refractivity contribution in [1.29, 1.82) is 5.26 Å². The van der Waals surface area contributed by atoms with E-state index in [0.29, 0.717) is 11.1 Å². The molecule has 22 heavy (non-hydrogen) atoms. The van der Waals surface area contributed by atoms with Crippen molar-refractivity contribution in [2.75, 3.05) is 7.11 Å². The minimum Gasteiger partial charge on any atom is -0.438 e. The molecule has 0 spiro atoms. The molecule has 0 saturated carbocycles. The van der Waals surface area contributed by atoms with Crippen LogP contribution in [0.5, 0.6) is 0 Å². The van der Waals surface area contributed by atoms with Crippen molar-refractivity contribution in [2.24, 2.45) is 0 Å². The Morgan fingerprint density at radius 3 is 2.45 bits per heavy atom. The number of benzene rings is 2. The van der Waals surface area contributed by atoms with E-state index in [9.17, 15) is 10.1 Å². The first-order valence-corrected chi connectivity index (χ1v) is 6.55. The maximum atomic E-state index is 11.4. The van der Waals surface area contributed by atoms with E-state index in [1.165, 1.54) is 7.11 Å². The molecule has 0 fully saturated rings. The summed E-state index contributed by atoms with van der Waals surface area (Å²) in [6.45, 7) is 0. The van der Waals surface area contributed by atoms with Crippen LogP contribution in [-0.2, 0) is 9.47 Å². The second-order valence-electron chi connectivity index (χ2n) is 4.29. The number of hydrogen-bond acceptors (Lipinski definition) is 4. The maximum Gasteiger partial charge on any atom is 0.509 e. The summed E-state index contributed by atoms with van der Waals surface area (Å²) in [5.74, 6) is 5.80. The van der Waals surface area contributed by atoms with E-state index in [-0.39, 0.29) is 0 Å². The van der Waals surface area contributed by atoms with Crippen molar-refractivity contribution in [3.05, 3.63) is 71.3 Å². The summed E-state index contributed by atoms with van der Waals surface area (Å²) in [4.78, 5) is 11.4. The molecule has 2 aromatic rings. The van der Waals surface area contributed by atoms with Crippen LogP contribution in [0.25, 0.3) is 0 Å². The Morgan fingerprint density at radius 2 is 1.77 bits per heavy atom. The average molecular weight is 291 g/mol. The van der Waals surface area contributed by atoms with Gasteiger partial charge in [0, 0.05) is 11.1 Å². The molecule has 0 amide bonds.